The molecule has 14 heavy (non-hydrogen) atoms. The highest BCUT2D eigenvalue weighted by Crippen LogP contribution is 2.36. The lowest BCUT2D eigenvalue weighted by Crippen LogP contribution is -2.13. The topological polar surface area (TPSA) is 32.3 Å². The first-order valence-corrected chi connectivity index (χ1v) is 5.39. The Balaban J connectivity index is 2.38. The van der Waals surface area contributed by atoms with Gasteiger partial charge in [-0.1, -0.05) is 6.07 Å². The zero-order chi connectivity index (χ0) is 10.1. The first-order valence-electron chi connectivity index (χ1n) is 4.60. The van der Waals surface area contributed by atoms with Crippen LogP contribution in [0.25, 0.3) is 0 Å². The second kappa shape index (κ2) is 3.87. The molecule has 2 N–H and O–H groups in total. The highest BCUT2D eigenvalue weighted by molar-refractivity contribution is 9.10. The molecule has 0 saturated carbocycles. The Hall–Kier alpha value is -0.610. The Morgan fingerprint density at radius 2 is 2.29 bits per heavy atom. The van der Waals surface area contributed by atoms with Gasteiger partial charge in [0.2, 0.25) is 0 Å². The number of hydrogen-bond acceptors (Lipinski definition) is 2. The Morgan fingerprint density at radius 3 is 2.93 bits per heavy atom. The number of hydrogen-bond donors (Lipinski definition) is 2. The summed E-state index contributed by atoms with van der Waals surface area (Å²) in [5.41, 5.74) is 0.774. The lowest BCUT2D eigenvalue weighted by atomic mass is 10.0. The van der Waals surface area contributed by atoms with Crippen LogP contribution in [0.5, 0.6) is 5.75 Å². The largest absolute Gasteiger partial charge is 0.506 e. The van der Waals surface area contributed by atoms with Crippen LogP contribution in [0.15, 0.2) is 16.6 Å². The van der Waals surface area contributed by atoms with Crippen molar-refractivity contribution < 1.29 is 9.50 Å². The highest BCUT2D eigenvalue weighted by atomic mass is 79.9. The van der Waals surface area contributed by atoms with Crippen LogP contribution in [0.4, 0.5) is 4.39 Å². The number of phenols is 1. The molecule has 0 radical (unpaired) electrons. The number of halogens is 2. The van der Waals surface area contributed by atoms with Gasteiger partial charge in [-0.05, 0) is 41.4 Å². The number of rotatable bonds is 1. The maximum atomic E-state index is 13.0. The van der Waals surface area contributed by atoms with Gasteiger partial charge in [0, 0.05) is 11.6 Å². The van der Waals surface area contributed by atoms with E-state index in [-0.39, 0.29) is 16.3 Å². The van der Waals surface area contributed by atoms with Crippen LogP contribution in [-0.4, -0.2) is 11.7 Å². The van der Waals surface area contributed by atoms with Crippen LogP contribution in [0.3, 0.4) is 0 Å². The minimum atomic E-state index is -0.427. The zero-order valence-electron chi connectivity index (χ0n) is 7.56. The summed E-state index contributed by atoms with van der Waals surface area (Å²) in [7, 11) is 0. The van der Waals surface area contributed by atoms with E-state index in [2.05, 4.69) is 21.2 Å². The van der Waals surface area contributed by atoms with Crippen molar-refractivity contribution in [3.63, 3.8) is 0 Å². The van der Waals surface area contributed by atoms with E-state index in [0.29, 0.717) is 0 Å². The fourth-order valence-electron chi connectivity index (χ4n) is 1.79. The van der Waals surface area contributed by atoms with Crippen molar-refractivity contribution in [3.05, 3.63) is 28.0 Å². The van der Waals surface area contributed by atoms with E-state index in [0.717, 1.165) is 24.9 Å². The molecule has 0 spiro atoms. The normalized spacial score (nSPS) is 21.4. The van der Waals surface area contributed by atoms with Crippen LogP contribution in [0, 0.1) is 5.82 Å². The summed E-state index contributed by atoms with van der Waals surface area (Å²) in [6.07, 6.45) is 2.09. The third-order valence-electron chi connectivity index (χ3n) is 2.54. The van der Waals surface area contributed by atoms with Crippen LogP contribution in [0.2, 0.25) is 0 Å². The molecule has 0 aliphatic carbocycles. The summed E-state index contributed by atoms with van der Waals surface area (Å²) in [5, 5.41) is 13.0. The number of aromatic hydroxyl groups is 1. The standard InChI is InChI=1S/C10H11BrFNO/c11-9-7(12)4-3-6(10(9)14)8-2-1-5-13-8/h3-4,8,13-14H,1-2,5H2/t8-/m0/s1. The molecule has 1 aromatic carbocycles. The lowest BCUT2D eigenvalue weighted by Gasteiger charge is -2.13. The summed E-state index contributed by atoms with van der Waals surface area (Å²) in [4.78, 5) is 0. The molecular weight excluding hydrogens is 249 g/mol. The Kier molecular flexibility index (Phi) is 2.74. The van der Waals surface area contributed by atoms with E-state index >= 15 is 0 Å². The molecule has 76 valence electrons. The molecule has 1 aliphatic heterocycles. The average molecular weight is 260 g/mol. The Bertz CT molecular complexity index is 350. The second-order valence-corrected chi connectivity index (χ2v) is 4.24. The van der Waals surface area contributed by atoms with Crippen molar-refractivity contribution in [2.75, 3.05) is 6.54 Å². The van der Waals surface area contributed by atoms with Crippen LogP contribution in [0.1, 0.15) is 24.4 Å². The molecule has 0 amide bonds. The monoisotopic (exact) mass is 259 g/mol. The second-order valence-electron chi connectivity index (χ2n) is 3.45. The van der Waals surface area contributed by atoms with Crippen molar-refractivity contribution in [2.45, 2.75) is 18.9 Å². The molecule has 2 nitrogen and oxygen atoms in total. The average Bonchev–Trinajstić information content (AvgIpc) is 2.67. The highest BCUT2D eigenvalue weighted by Gasteiger charge is 2.21. The van der Waals surface area contributed by atoms with Gasteiger partial charge in [0.05, 0.1) is 4.47 Å². The van der Waals surface area contributed by atoms with E-state index in [9.17, 15) is 9.50 Å². The lowest BCUT2D eigenvalue weighted by molar-refractivity contribution is 0.446. The molecule has 1 fully saturated rings. The molecule has 0 aromatic heterocycles. The van der Waals surface area contributed by atoms with Crippen LogP contribution in [-0.2, 0) is 0 Å². The zero-order valence-corrected chi connectivity index (χ0v) is 9.14. The maximum absolute atomic E-state index is 13.0. The van der Waals surface area contributed by atoms with Crippen molar-refractivity contribution >= 4 is 15.9 Å². The van der Waals surface area contributed by atoms with Crippen LogP contribution < -0.4 is 5.32 Å². The predicted molar refractivity (Wildman–Crippen MR) is 55.7 cm³/mol. The maximum Gasteiger partial charge on any atom is 0.141 e. The summed E-state index contributed by atoms with van der Waals surface area (Å²) >= 11 is 3.02. The molecule has 1 saturated heterocycles. The van der Waals surface area contributed by atoms with Gasteiger partial charge in [0.15, 0.2) is 0 Å². The molecule has 1 aromatic rings. The fourth-order valence-corrected chi connectivity index (χ4v) is 2.15. The van der Waals surface area contributed by atoms with Crippen LogP contribution >= 0.6 is 15.9 Å². The van der Waals surface area contributed by atoms with E-state index in [1.807, 2.05) is 0 Å². The number of benzene rings is 1. The Labute approximate surface area is 90.3 Å². The molecule has 1 atom stereocenters. The third kappa shape index (κ3) is 1.64. The van der Waals surface area contributed by atoms with Gasteiger partial charge in [-0.3, -0.25) is 0 Å². The van der Waals surface area contributed by atoms with Gasteiger partial charge < -0.3 is 10.4 Å². The number of nitrogens with one attached hydrogen (secondary N) is 1. The minimum absolute atomic E-state index is 0.0180. The SMILES string of the molecule is Oc1c([C@@H]2CCCN2)ccc(F)c1Br. The molecule has 2 rings (SSSR count). The molecular formula is C10H11BrFNO. The Morgan fingerprint density at radius 1 is 1.50 bits per heavy atom. The first kappa shape index (κ1) is 9.93. The summed E-state index contributed by atoms with van der Waals surface area (Å²) in [6.45, 7) is 0.957. The van der Waals surface area contributed by atoms with Crippen molar-refractivity contribution in [1.29, 1.82) is 0 Å². The first-order chi connectivity index (χ1) is 6.70. The van der Waals surface area contributed by atoms with Gasteiger partial charge >= 0.3 is 0 Å². The molecule has 0 unspecified atom stereocenters. The van der Waals surface area contributed by atoms with Crippen molar-refractivity contribution in [3.8, 4) is 5.75 Å². The summed E-state index contributed by atoms with van der Waals surface area (Å²) < 4.78 is 13.2. The molecule has 1 heterocycles. The quantitative estimate of drug-likeness (QED) is 0.813. The summed E-state index contributed by atoms with van der Waals surface area (Å²) in [6, 6.07) is 3.17. The van der Waals surface area contributed by atoms with Gasteiger partial charge in [0.25, 0.3) is 0 Å². The van der Waals surface area contributed by atoms with Crippen molar-refractivity contribution in [2.24, 2.45) is 0 Å². The summed E-state index contributed by atoms with van der Waals surface area (Å²) in [5.74, 6) is -0.409. The fraction of sp³-hybridized carbons (Fsp3) is 0.400. The van der Waals surface area contributed by atoms with Gasteiger partial charge in [-0.25, -0.2) is 4.39 Å². The minimum Gasteiger partial charge on any atom is -0.506 e. The smallest absolute Gasteiger partial charge is 0.141 e. The molecule has 0 bridgehead atoms. The van der Waals surface area contributed by atoms with Gasteiger partial charge in [-0.2, -0.15) is 0 Å². The van der Waals surface area contributed by atoms with Crippen molar-refractivity contribution in [1.82, 2.24) is 5.32 Å². The van der Waals surface area contributed by atoms with E-state index < -0.39 is 5.82 Å². The third-order valence-corrected chi connectivity index (χ3v) is 3.29. The van der Waals surface area contributed by atoms with Gasteiger partial charge in [0.1, 0.15) is 11.6 Å². The number of phenolic OH excluding ortho intramolecular Hbond substituents is 1. The predicted octanol–water partition coefficient (Wildman–Crippen LogP) is 2.72. The molecule has 1 aliphatic rings. The van der Waals surface area contributed by atoms with E-state index in [1.165, 1.54) is 6.07 Å². The van der Waals surface area contributed by atoms with E-state index in [1.54, 1.807) is 6.07 Å². The van der Waals surface area contributed by atoms with Gasteiger partial charge in [-0.15, -0.1) is 0 Å². The van der Waals surface area contributed by atoms with E-state index in [4.69, 9.17) is 0 Å². The molecule has 4 heteroatoms.